The number of benzene rings is 1. The number of aliphatic hydroxyl groups is 1. The summed E-state index contributed by atoms with van der Waals surface area (Å²) in [6.07, 6.45) is 3.04. The molecule has 1 aliphatic rings. The van der Waals surface area contributed by atoms with E-state index in [-0.39, 0.29) is 12.4 Å². The summed E-state index contributed by atoms with van der Waals surface area (Å²) in [7, 11) is 0. The van der Waals surface area contributed by atoms with Gasteiger partial charge in [0.15, 0.2) is 11.6 Å². The van der Waals surface area contributed by atoms with Crippen LogP contribution in [-0.2, 0) is 17.9 Å². The molecule has 2 aromatic heterocycles. The number of halogens is 1. The normalized spacial score (nSPS) is 14.2. The van der Waals surface area contributed by atoms with E-state index < -0.39 is 6.10 Å². The van der Waals surface area contributed by atoms with E-state index in [1.807, 2.05) is 19.9 Å². The van der Waals surface area contributed by atoms with Gasteiger partial charge in [-0.2, -0.15) is 0 Å². The van der Waals surface area contributed by atoms with E-state index in [0.717, 1.165) is 23.2 Å². The van der Waals surface area contributed by atoms with Crippen molar-refractivity contribution in [2.75, 3.05) is 11.5 Å². The average Bonchev–Trinajstić information content (AvgIpc) is 3.33. The number of ketones is 1. The molecule has 38 heavy (non-hydrogen) atoms. The maximum Gasteiger partial charge on any atom is 0.166 e. The van der Waals surface area contributed by atoms with Gasteiger partial charge in [0.1, 0.15) is 18.2 Å². The molecule has 200 valence electrons. The molecule has 1 aromatic carbocycles. The molecule has 0 bridgehead atoms. The van der Waals surface area contributed by atoms with Crippen LogP contribution >= 0.6 is 11.6 Å². The summed E-state index contributed by atoms with van der Waals surface area (Å²) in [5, 5.41) is 10.5. The van der Waals surface area contributed by atoms with Crippen LogP contribution in [0.4, 0.5) is 5.82 Å². The molecule has 0 radical (unpaired) electrons. The van der Waals surface area contributed by atoms with Crippen LogP contribution < -0.4 is 15.4 Å². The molecule has 9 heteroatoms. The molecule has 0 fully saturated rings. The van der Waals surface area contributed by atoms with E-state index in [1.54, 1.807) is 38.2 Å². The second-order valence-electron chi connectivity index (χ2n) is 9.54. The predicted octanol–water partition coefficient (Wildman–Crippen LogP) is 5.23. The van der Waals surface area contributed by atoms with Crippen molar-refractivity contribution in [3.8, 4) is 17.1 Å². The quantitative estimate of drug-likeness (QED) is 0.339. The second kappa shape index (κ2) is 11.9. The number of carbonyl (C=O) groups is 1. The van der Waals surface area contributed by atoms with Crippen molar-refractivity contribution in [3.05, 3.63) is 69.8 Å². The highest BCUT2D eigenvalue weighted by molar-refractivity contribution is 6.33. The van der Waals surface area contributed by atoms with Gasteiger partial charge in [-0.3, -0.25) is 9.78 Å². The van der Waals surface area contributed by atoms with E-state index in [0.29, 0.717) is 70.9 Å². The number of hydrogen-bond donors (Lipinski definition) is 2. The highest BCUT2D eigenvalue weighted by atomic mass is 35.5. The highest BCUT2D eigenvalue weighted by Gasteiger charge is 2.28. The number of allylic oxidation sites excluding steroid dienone is 2. The summed E-state index contributed by atoms with van der Waals surface area (Å²) in [5.74, 6) is 1.49. The maximum absolute atomic E-state index is 13.0. The van der Waals surface area contributed by atoms with Crippen LogP contribution in [0.2, 0.25) is 5.02 Å². The van der Waals surface area contributed by atoms with Gasteiger partial charge in [-0.05, 0) is 50.1 Å². The first-order chi connectivity index (χ1) is 18.2. The largest absolute Gasteiger partial charge is 0.491 e. The highest BCUT2D eigenvalue weighted by Crippen LogP contribution is 2.36. The number of rotatable bonds is 10. The number of Topliss-reactive ketones (excluding diaryl/α,β-unsaturated/α-hetero) is 1. The van der Waals surface area contributed by atoms with Crippen molar-refractivity contribution < 1.29 is 14.6 Å². The Hall–Kier alpha value is -3.49. The standard InChI is InChI=1S/C29H34ClN5O3/c1-5-8-20(36)16-38-21-10-11-23(30)22(13-21)28-33-27(26(18(4)31)25(37)6-2)17(3)29(34-28)35-14-19-9-7-12-32-24(19)15-35/h7,9-13,20,36H,5-6,8,14-16,31H2,1-4H3/t20-/m1/s1. The zero-order valence-corrected chi connectivity index (χ0v) is 23.0. The Bertz CT molecular complexity index is 1350. The number of nitrogens with two attached hydrogens (primary N) is 1. The van der Waals surface area contributed by atoms with Gasteiger partial charge >= 0.3 is 0 Å². The number of nitrogens with zero attached hydrogens (tertiary/aromatic N) is 4. The summed E-state index contributed by atoms with van der Waals surface area (Å²) in [6.45, 7) is 8.82. The van der Waals surface area contributed by atoms with E-state index in [4.69, 9.17) is 32.0 Å². The van der Waals surface area contributed by atoms with Gasteiger partial charge < -0.3 is 20.5 Å². The number of aliphatic hydroxyl groups excluding tert-OH is 1. The lowest BCUT2D eigenvalue weighted by atomic mass is 9.99. The molecule has 1 atom stereocenters. The summed E-state index contributed by atoms with van der Waals surface area (Å²) in [6, 6.07) is 9.21. The lowest BCUT2D eigenvalue weighted by Crippen LogP contribution is -2.21. The van der Waals surface area contributed by atoms with Crippen LogP contribution in [0.1, 0.15) is 62.5 Å². The number of pyridine rings is 1. The van der Waals surface area contributed by atoms with Crippen molar-refractivity contribution in [2.45, 2.75) is 66.2 Å². The lowest BCUT2D eigenvalue weighted by molar-refractivity contribution is -0.113. The van der Waals surface area contributed by atoms with Crippen molar-refractivity contribution in [1.82, 2.24) is 15.0 Å². The van der Waals surface area contributed by atoms with Gasteiger partial charge in [-0.1, -0.05) is 37.9 Å². The fourth-order valence-electron chi connectivity index (χ4n) is 4.62. The minimum absolute atomic E-state index is 0.0943. The topological polar surface area (TPSA) is 114 Å². The molecular formula is C29H34ClN5O3. The second-order valence-corrected chi connectivity index (χ2v) is 9.95. The number of anilines is 1. The van der Waals surface area contributed by atoms with Gasteiger partial charge in [-0.25, -0.2) is 9.97 Å². The molecule has 8 nitrogen and oxygen atoms in total. The first-order valence-corrected chi connectivity index (χ1v) is 13.3. The lowest BCUT2D eigenvalue weighted by Gasteiger charge is -2.22. The van der Waals surface area contributed by atoms with E-state index in [2.05, 4.69) is 16.0 Å². The van der Waals surface area contributed by atoms with E-state index >= 15 is 0 Å². The van der Waals surface area contributed by atoms with Crippen molar-refractivity contribution in [1.29, 1.82) is 0 Å². The zero-order valence-electron chi connectivity index (χ0n) is 22.3. The number of fused-ring (bicyclic) bond motifs is 1. The minimum Gasteiger partial charge on any atom is -0.491 e. The maximum atomic E-state index is 13.0. The molecule has 0 saturated carbocycles. The SMILES string of the molecule is CCC[C@@H](O)COc1ccc(Cl)c(-c2nc(C(C(=O)CC)=C(C)N)c(C)c(N3Cc4cccnc4C3)n2)c1. The van der Waals surface area contributed by atoms with Gasteiger partial charge in [0.2, 0.25) is 0 Å². The van der Waals surface area contributed by atoms with Crippen molar-refractivity contribution in [3.63, 3.8) is 0 Å². The van der Waals surface area contributed by atoms with Crippen LogP contribution in [0.15, 0.2) is 42.2 Å². The summed E-state index contributed by atoms with van der Waals surface area (Å²) < 4.78 is 5.84. The molecule has 3 heterocycles. The van der Waals surface area contributed by atoms with Crippen LogP contribution in [0, 0.1) is 6.92 Å². The number of aromatic nitrogens is 3. The minimum atomic E-state index is -0.557. The van der Waals surface area contributed by atoms with Gasteiger partial charge in [0.25, 0.3) is 0 Å². The zero-order chi connectivity index (χ0) is 27.4. The van der Waals surface area contributed by atoms with Gasteiger partial charge in [0, 0.05) is 36.0 Å². The van der Waals surface area contributed by atoms with Gasteiger partial charge in [-0.15, -0.1) is 0 Å². The average molecular weight is 536 g/mol. The molecule has 0 saturated heterocycles. The molecule has 0 aliphatic carbocycles. The molecular weight excluding hydrogens is 502 g/mol. The fraction of sp³-hybridized carbons (Fsp3) is 0.379. The number of carbonyl (C=O) groups excluding carboxylic acids is 1. The fourth-order valence-corrected chi connectivity index (χ4v) is 4.82. The third kappa shape index (κ3) is 5.81. The van der Waals surface area contributed by atoms with Crippen LogP contribution in [0.3, 0.4) is 0 Å². The molecule has 4 rings (SSSR count). The van der Waals surface area contributed by atoms with E-state index in [9.17, 15) is 9.90 Å². The van der Waals surface area contributed by atoms with Crippen molar-refractivity contribution >= 4 is 28.8 Å². The molecule has 0 amide bonds. The first kappa shape index (κ1) is 27.5. The predicted molar refractivity (Wildman–Crippen MR) is 150 cm³/mol. The molecule has 0 unspecified atom stereocenters. The van der Waals surface area contributed by atoms with Crippen LogP contribution in [0.25, 0.3) is 17.0 Å². The van der Waals surface area contributed by atoms with Gasteiger partial charge in [0.05, 0.1) is 34.6 Å². The first-order valence-electron chi connectivity index (χ1n) is 12.9. The Kier molecular flexibility index (Phi) is 8.64. The van der Waals surface area contributed by atoms with Crippen LogP contribution in [-0.4, -0.2) is 38.6 Å². The number of hydrogen-bond acceptors (Lipinski definition) is 8. The molecule has 3 aromatic rings. The summed E-state index contributed by atoms with van der Waals surface area (Å²) >= 11 is 6.64. The number of ether oxygens (including phenoxy) is 1. The van der Waals surface area contributed by atoms with Crippen molar-refractivity contribution in [2.24, 2.45) is 5.73 Å². The Morgan fingerprint density at radius 3 is 2.71 bits per heavy atom. The Morgan fingerprint density at radius 1 is 1.24 bits per heavy atom. The third-order valence-electron chi connectivity index (χ3n) is 6.58. The summed E-state index contributed by atoms with van der Waals surface area (Å²) in [5.41, 5.74) is 10.9. The third-order valence-corrected chi connectivity index (χ3v) is 6.91. The molecule has 0 spiro atoms. The van der Waals surface area contributed by atoms with E-state index in [1.165, 1.54) is 0 Å². The Morgan fingerprint density at radius 2 is 2.03 bits per heavy atom. The molecule has 1 aliphatic heterocycles. The Balaban J connectivity index is 1.83. The Labute approximate surface area is 228 Å². The molecule has 3 N–H and O–H groups in total. The monoisotopic (exact) mass is 535 g/mol. The summed E-state index contributed by atoms with van der Waals surface area (Å²) in [4.78, 5) is 29.4. The van der Waals surface area contributed by atoms with Crippen LogP contribution in [0.5, 0.6) is 5.75 Å². The smallest absolute Gasteiger partial charge is 0.166 e.